The lowest BCUT2D eigenvalue weighted by molar-refractivity contribution is 0.0447. The first-order valence-electron chi connectivity index (χ1n) is 15.3. The van der Waals surface area contributed by atoms with Gasteiger partial charge in [-0.25, -0.2) is 14.4 Å². The molecule has 39 heavy (non-hydrogen) atoms. The average Bonchev–Trinajstić information content (AvgIpc) is 2.88. The monoisotopic (exact) mass is 546 g/mol. The molecule has 0 saturated heterocycles. The summed E-state index contributed by atoms with van der Waals surface area (Å²) in [6.45, 7) is 14.1. The van der Waals surface area contributed by atoms with Crippen LogP contribution < -0.4 is 0 Å². The number of hydrogen-bond acceptors (Lipinski definition) is 6. The van der Waals surface area contributed by atoms with Gasteiger partial charge >= 0.3 is 17.9 Å². The third kappa shape index (κ3) is 16.4. The van der Waals surface area contributed by atoms with E-state index in [1.165, 1.54) is 18.2 Å². The zero-order chi connectivity index (χ0) is 29.0. The van der Waals surface area contributed by atoms with Crippen LogP contribution in [0.4, 0.5) is 0 Å². The molecule has 0 unspecified atom stereocenters. The lowest BCUT2D eigenvalue weighted by Crippen LogP contribution is -2.17. The predicted molar refractivity (Wildman–Crippen MR) is 157 cm³/mol. The molecule has 0 atom stereocenters. The molecule has 6 nitrogen and oxygen atoms in total. The van der Waals surface area contributed by atoms with Gasteiger partial charge in [0.15, 0.2) is 0 Å². The van der Waals surface area contributed by atoms with E-state index in [2.05, 4.69) is 41.5 Å². The number of ether oxygens (including phenoxy) is 3. The summed E-state index contributed by atoms with van der Waals surface area (Å²) in [6, 6.07) is 4.39. The first kappa shape index (κ1) is 34.7. The highest BCUT2D eigenvalue weighted by atomic mass is 16.5. The Kier molecular flexibility index (Phi) is 18.2. The van der Waals surface area contributed by atoms with Crippen molar-refractivity contribution >= 4 is 17.9 Å². The molecule has 1 rings (SSSR count). The van der Waals surface area contributed by atoms with Crippen molar-refractivity contribution in [3.8, 4) is 0 Å². The highest BCUT2D eigenvalue weighted by Crippen LogP contribution is 2.18. The zero-order valence-electron chi connectivity index (χ0n) is 25.5. The average molecular weight is 547 g/mol. The van der Waals surface area contributed by atoms with Crippen LogP contribution in [0.25, 0.3) is 0 Å². The third-order valence-electron chi connectivity index (χ3n) is 6.67. The highest BCUT2D eigenvalue weighted by Gasteiger charge is 2.22. The van der Waals surface area contributed by atoms with E-state index in [1.54, 1.807) is 0 Å². The van der Waals surface area contributed by atoms with Gasteiger partial charge in [0, 0.05) is 0 Å². The van der Waals surface area contributed by atoms with Gasteiger partial charge in [-0.1, -0.05) is 99.3 Å². The molecule has 0 aliphatic carbocycles. The van der Waals surface area contributed by atoms with Crippen molar-refractivity contribution < 1.29 is 28.6 Å². The Balaban J connectivity index is 2.77. The van der Waals surface area contributed by atoms with Gasteiger partial charge in [0.1, 0.15) is 0 Å². The Morgan fingerprint density at radius 3 is 1.31 bits per heavy atom. The van der Waals surface area contributed by atoms with E-state index in [1.807, 2.05) is 0 Å². The summed E-state index contributed by atoms with van der Waals surface area (Å²) >= 11 is 0. The maximum absolute atomic E-state index is 13.0. The van der Waals surface area contributed by atoms with Gasteiger partial charge in [0.25, 0.3) is 0 Å². The van der Waals surface area contributed by atoms with Crippen molar-refractivity contribution in [2.45, 2.75) is 119 Å². The molecule has 0 amide bonds. The number of esters is 3. The number of carbonyl (C=O) groups excluding carboxylic acids is 3. The van der Waals surface area contributed by atoms with E-state index in [4.69, 9.17) is 14.2 Å². The number of hydrogen-bond donors (Lipinski definition) is 0. The predicted octanol–water partition coefficient (Wildman–Crippen LogP) is 8.81. The van der Waals surface area contributed by atoms with Crippen molar-refractivity contribution in [2.75, 3.05) is 19.8 Å². The van der Waals surface area contributed by atoms with Gasteiger partial charge in [0.05, 0.1) is 36.5 Å². The van der Waals surface area contributed by atoms with Crippen molar-refractivity contribution in [3.05, 3.63) is 34.9 Å². The number of benzene rings is 1. The summed E-state index contributed by atoms with van der Waals surface area (Å²) in [7, 11) is 0. The minimum absolute atomic E-state index is 0.0494. The molecule has 0 aromatic heterocycles. The third-order valence-corrected chi connectivity index (χ3v) is 6.67. The first-order valence-corrected chi connectivity index (χ1v) is 15.3. The smallest absolute Gasteiger partial charge is 0.339 e. The van der Waals surface area contributed by atoms with Crippen molar-refractivity contribution in [3.63, 3.8) is 0 Å². The lowest BCUT2D eigenvalue weighted by atomic mass is 10.0. The molecule has 0 spiro atoms. The summed E-state index contributed by atoms with van der Waals surface area (Å²) < 4.78 is 16.4. The van der Waals surface area contributed by atoms with Crippen LogP contribution >= 0.6 is 0 Å². The van der Waals surface area contributed by atoms with Crippen LogP contribution in [0.3, 0.4) is 0 Å². The van der Waals surface area contributed by atoms with Gasteiger partial charge < -0.3 is 14.2 Å². The van der Waals surface area contributed by atoms with Crippen LogP contribution in [0.1, 0.15) is 150 Å². The Morgan fingerprint density at radius 1 is 0.513 bits per heavy atom. The molecule has 0 N–H and O–H groups in total. The Morgan fingerprint density at radius 2 is 0.897 bits per heavy atom. The topological polar surface area (TPSA) is 78.9 Å². The fourth-order valence-corrected chi connectivity index (χ4v) is 4.25. The molecule has 0 aliphatic heterocycles. The molecule has 0 saturated carbocycles. The highest BCUT2D eigenvalue weighted by molar-refractivity contribution is 6.05. The second-order valence-electron chi connectivity index (χ2n) is 11.9. The molecule has 0 radical (unpaired) electrons. The minimum Gasteiger partial charge on any atom is -0.462 e. The summed E-state index contributed by atoms with van der Waals surface area (Å²) in [4.78, 5) is 38.5. The van der Waals surface area contributed by atoms with Crippen LogP contribution in [0, 0.1) is 17.8 Å². The summed E-state index contributed by atoms with van der Waals surface area (Å²) in [5, 5.41) is 0. The van der Waals surface area contributed by atoms with Gasteiger partial charge in [-0.3, -0.25) is 0 Å². The molecular weight excluding hydrogens is 492 g/mol. The van der Waals surface area contributed by atoms with Crippen LogP contribution in [-0.4, -0.2) is 37.7 Å². The molecule has 1 aromatic carbocycles. The minimum atomic E-state index is -0.619. The van der Waals surface area contributed by atoms with Gasteiger partial charge in [-0.15, -0.1) is 0 Å². The maximum atomic E-state index is 13.0. The zero-order valence-corrected chi connectivity index (χ0v) is 25.5. The van der Waals surface area contributed by atoms with Gasteiger partial charge in [0.2, 0.25) is 0 Å². The number of rotatable bonds is 21. The van der Waals surface area contributed by atoms with Crippen LogP contribution in [-0.2, 0) is 14.2 Å². The molecule has 0 fully saturated rings. The van der Waals surface area contributed by atoms with Crippen molar-refractivity contribution in [1.29, 1.82) is 0 Å². The largest absolute Gasteiger partial charge is 0.462 e. The lowest BCUT2D eigenvalue weighted by Gasteiger charge is -2.12. The number of carbonyl (C=O) groups is 3. The standard InChI is InChI=1S/C33H54O6/c1-25(2)16-10-7-13-21-37-31(34)28-19-20-29(32(35)38-22-14-8-11-17-26(3)4)30(24-28)33(36)39-23-15-9-12-18-27(5)6/h19-20,24-27H,7-18,21-23H2,1-6H3. The van der Waals surface area contributed by atoms with Gasteiger partial charge in [-0.05, 0) is 55.2 Å². The summed E-state index contributed by atoms with van der Waals surface area (Å²) in [5.74, 6) is 0.275. The van der Waals surface area contributed by atoms with E-state index in [9.17, 15) is 14.4 Å². The molecular formula is C33H54O6. The van der Waals surface area contributed by atoms with Crippen LogP contribution in [0.15, 0.2) is 18.2 Å². The van der Waals surface area contributed by atoms with Crippen LogP contribution in [0.5, 0.6) is 0 Å². The van der Waals surface area contributed by atoms with E-state index in [0.717, 1.165) is 77.0 Å². The maximum Gasteiger partial charge on any atom is 0.339 e. The molecule has 0 heterocycles. The molecule has 1 aromatic rings. The van der Waals surface area contributed by atoms with Crippen molar-refractivity contribution in [1.82, 2.24) is 0 Å². The molecule has 6 heteroatoms. The second kappa shape index (κ2) is 20.5. The van der Waals surface area contributed by atoms with Crippen molar-refractivity contribution in [2.24, 2.45) is 17.8 Å². The summed E-state index contributed by atoms with van der Waals surface area (Å²) in [5.41, 5.74) is 0.395. The van der Waals surface area contributed by atoms with E-state index < -0.39 is 17.9 Å². The fourth-order valence-electron chi connectivity index (χ4n) is 4.25. The molecule has 0 aliphatic rings. The Labute approximate surface area is 237 Å². The molecule has 0 bridgehead atoms. The first-order chi connectivity index (χ1) is 18.6. The number of unbranched alkanes of at least 4 members (excludes halogenated alkanes) is 6. The normalized spacial score (nSPS) is 11.3. The van der Waals surface area contributed by atoms with E-state index >= 15 is 0 Å². The quantitative estimate of drug-likeness (QED) is 0.0871. The van der Waals surface area contributed by atoms with E-state index in [-0.39, 0.29) is 23.3 Å². The van der Waals surface area contributed by atoms with Crippen LogP contribution in [0.2, 0.25) is 0 Å². The van der Waals surface area contributed by atoms with Gasteiger partial charge in [-0.2, -0.15) is 0 Å². The van der Waals surface area contributed by atoms with E-state index in [0.29, 0.717) is 31.0 Å². The Hall–Kier alpha value is -2.37. The molecule has 222 valence electrons. The second-order valence-corrected chi connectivity index (χ2v) is 11.9. The SMILES string of the molecule is CC(C)CCCCCOC(=O)c1ccc(C(=O)OCCCCCC(C)C)c(C(=O)OCCCCCC(C)C)c1. The summed E-state index contributed by atoms with van der Waals surface area (Å²) in [6.07, 6.45) is 12.0. The fraction of sp³-hybridized carbons (Fsp3) is 0.727. The Bertz CT molecular complexity index is 843.